The number of anilines is 1. The summed E-state index contributed by atoms with van der Waals surface area (Å²) < 4.78 is 27.6. The van der Waals surface area contributed by atoms with Crippen LogP contribution in [0.4, 0.5) is 5.69 Å². The van der Waals surface area contributed by atoms with E-state index in [4.69, 9.17) is 23.2 Å². The Morgan fingerprint density at radius 2 is 1.66 bits per heavy atom. The number of sulfonamides is 1. The molecule has 1 aliphatic rings. The van der Waals surface area contributed by atoms with E-state index in [-0.39, 0.29) is 20.6 Å². The van der Waals surface area contributed by atoms with Crippen molar-refractivity contribution in [2.24, 2.45) is 5.10 Å². The van der Waals surface area contributed by atoms with Crippen molar-refractivity contribution in [1.29, 1.82) is 0 Å². The van der Waals surface area contributed by atoms with E-state index in [2.05, 4.69) is 10.5 Å². The quantitative estimate of drug-likeness (QED) is 0.651. The molecular formula is C20H21Cl2N3O3S. The van der Waals surface area contributed by atoms with Gasteiger partial charge >= 0.3 is 0 Å². The van der Waals surface area contributed by atoms with E-state index in [1.165, 1.54) is 30.3 Å². The van der Waals surface area contributed by atoms with E-state index in [9.17, 15) is 13.2 Å². The van der Waals surface area contributed by atoms with Crippen LogP contribution < -0.4 is 9.73 Å². The smallest absolute Gasteiger partial charge is 0.264 e. The second-order valence-electron chi connectivity index (χ2n) is 6.87. The number of nitrogens with one attached hydrogen (secondary N) is 1. The number of rotatable bonds is 6. The Hall–Kier alpha value is -2.09. The maximum absolute atomic E-state index is 13.3. The monoisotopic (exact) mass is 453 g/mol. The lowest BCUT2D eigenvalue weighted by molar-refractivity contribution is -0.119. The molecule has 0 unspecified atom stereocenters. The minimum absolute atomic E-state index is 0.0640. The molecule has 1 aliphatic carbocycles. The molecule has 0 aromatic heterocycles. The van der Waals surface area contributed by atoms with Gasteiger partial charge in [-0.2, -0.15) is 5.10 Å². The Balaban J connectivity index is 1.93. The zero-order chi connectivity index (χ0) is 21.0. The molecule has 1 fully saturated rings. The van der Waals surface area contributed by atoms with Crippen LogP contribution in [-0.2, 0) is 14.8 Å². The molecule has 0 aliphatic heterocycles. The molecule has 29 heavy (non-hydrogen) atoms. The van der Waals surface area contributed by atoms with Crippen molar-refractivity contribution in [3.63, 3.8) is 0 Å². The lowest BCUT2D eigenvalue weighted by Gasteiger charge is -2.24. The molecule has 6 nitrogen and oxygen atoms in total. The molecular weight excluding hydrogens is 433 g/mol. The molecule has 1 saturated carbocycles. The van der Waals surface area contributed by atoms with Gasteiger partial charge in [0.25, 0.3) is 15.9 Å². The number of hydrogen-bond donors (Lipinski definition) is 1. The van der Waals surface area contributed by atoms with Crippen molar-refractivity contribution in [2.75, 3.05) is 10.8 Å². The molecule has 9 heteroatoms. The summed E-state index contributed by atoms with van der Waals surface area (Å²) in [6.07, 6.45) is 3.78. The van der Waals surface area contributed by atoms with Crippen LogP contribution in [0.15, 0.2) is 52.5 Å². The van der Waals surface area contributed by atoms with Gasteiger partial charge < -0.3 is 0 Å². The third kappa shape index (κ3) is 5.50. The fraction of sp³-hybridized carbons (Fsp3) is 0.300. The van der Waals surface area contributed by atoms with Crippen LogP contribution in [0.2, 0.25) is 10.0 Å². The van der Waals surface area contributed by atoms with E-state index >= 15 is 0 Å². The summed E-state index contributed by atoms with van der Waals surface area (Å²) in [4.78, 5) is 12.6. The minimum atomic E-state index is -4.03. The number of carbonyl (C=O) groups excluding carboxylic acids is 1. The van der Waals surface area contributed by atoms with Crippen molar-refractivity contribution in [2.45, 2.75) is 37.5 Å². The third-order valence-electron chi connectivity index (χ3n) is 4.55. The normalized spacial score (nSPS) is 14.0. The van der Waals surface area contributed by atoms with Crippen LogP contribution in [-0.4, -0.2) is 26.6 Å². The second-order valence-corrected chi connectivity index (χ2v) is 9.61. The van der Waals surface area contributed by atoms with E-state index < -0.39 is 22.5 Å². The average Bonchev–Trinajstić information content (AvgIpc) is 3.17. The molecule has 0 heterocycles. The fourth-order valence-corrected chi connectivity index (χ4v) is 4.96. The highest BCUT2D eigenvalue weighted by atomic mass is 35.5. The highest BCUT2D eigenvalue weighted by molar-refractivity contribution is 7.92. The minimum Gasteiger partial charge on any atom is -0.271 e. The second kappa shape index (κ2) is 9.15. The maximum atomic E-state index is 13.3. The van der Waals surface area contributed by atoms with Gasteiger partial charge in [-0.25, -0.2) is 13.8 Å². The number of halogens is 2. The average molecular weight is 454 g/mol. The zero-order valence-electron chi connectivity index (χ0n) is 15.9. The van der Waals surface area contributed by atoms with Gasteiger partial charge in [0.1, 0.15) is 6.54 Å². The van der Waals surface area contributed by atoms with Crippen molar-refractivity contribution in [3.8, 4) is 0 Å². The lowest BCUT2D eigenvalue weighted by Crippen LogP contribution is -2.39. The van der Waals surface area contributed by atoms with Gasteiger partial charge in [0.2, 0.25) is 0 Å². The summed E-state index contributed by atoms with van der Waals surface area (Å²) >= 11 is 12.1. The summed E-state index contributed by atoms with van der Waals surface area (Å²) in [5.74, 6) is -0.545. The molecule has 1 amide bonds. The number of nitrogens with zero attached hydrogens (tertiary/aromatic N) is 2. The Kier molecular flexibility index (Phi) is 6.82. The standard InChI is InChI=1S/C20H21Cl2N3O3S/c1-14-6-8-19(9-7-14)29(27,28)25(18-11-15(21)10-16(22)12-18)13-20(26)24-23-17-4-2-3-5-17/h6-12H,2-5,13H2,1H3,(H,24,26). The fourth-order valence-electron chi connectivity index (χ4n) is 3.04. The van der Waals surface area contributed by atoms with Crippen LogP contribution >= 0.6 is 23.2 Å². The Labute approximate surface area is 180 Å². The number of benzene rings is 2. The summed E-state index contributed by atoms with van der Waals surface area (Å²) in [5, 5.41) is 4.65. The number of hydrazone groups is 1. The number of amides is 1. The van der Waals surface area contributed by atoms with Crippen LogP contribution in [0, 0.1) is 6.92 Å². The van der Waals surface area contributed by atoms with Crippen LogP contribution in [0.25, 0.3) is 0 Å². The largest absolute Gasteiger partial charge is 0.271 e. The number of carbonyl (C=O) groups is 1. The first-order valence-corrected chi connectivity index (χ1v) is 11.3. The molecule has 154 valence electrons. The summed E-state index contributed by atoms with van der Waals surface area (Å²) in [7, 11) is -4.03. The molecule has 0 spiro atoms. The first kappa shape index (κ1) is 21.6. The molecule has 0 atom stereocenters. The van der Waals surface area contributed by atoms with Crippen molar-refractivity contribution in [1.82, 2.24) is 5.43 Å². The highest BCUT2D eigenvalue weighted by Gasteiger charge is 2.28. The van der Waals surface area contributed by atoms with Crippen molar-refractivity contribution >= 4 is 50.5 Å². The van der Waals surface area contributed by atoms with E-state index in [1.54, 1.807) is 12.1 Å². The first-order valence-electron chi connectivity index (χ1n) is 9.15. The van der Waals surface area contributed by atoms with Crippen LogP contribution in [0.1, 0.15) is 31.2 Å². The highest BCUT2D eigenvalue weighted by Crippen LogP contribution is 2.29. The van der Waals surface area contributed by atoms with Gasteiger partial charge in [-0.15, -0.1) is 0 Å². The summed E-state index contributed by atoms with van der Waals surface area (Å²) in [5.41, 5.74) is 4.50. The van der Waals surface area contributed by atoms with E-state index in [0.29, 0.717) is 0 Å². The molecule has 2 aromatic rings. The number of aryl methyl sites for hydroxylation is 1. The van der Waals surface area contributed by atoms with Gasteiger partial charge in [-0.3, -0.25) is 9.10 Å². The summed E-state index contributed by atoms with van der Waals surface area (Å²) in [6, 6.07) is 10.8. The van der Waals surface area contributed by atoms with Gasteiger partial charge in [0, 0.05) is 15.8 Å². The molecule has 0 bridgehead atoms. The van der Waals surface area contributed by atoms with E-state index in [1.807, 2.05) is 6.92 Å². The topological polar surface area (TPSA) is 78.8 Å². The van der Waals surface area contributed by atoms with Gasteiger partial charge in [0.15, 0.2) is 0 Å². The Morgan fingerprint density at radius 1 is 1.07 bits per heavy atom. The van der Waals surface area contributed by atoms with Gasteiger partial charge in [-0.1, -0.05) is 40.9 Å². The predicted molar refractivity (Wildman–Crippen MR) is 116 cm³/mol. The van der Waals surface area contributed by atoms with Crippen LogP contribution in [0.3, 0.4) is 0 Å². The molecule has 0 radical (unpaired) electrons. The first-order chi connectivity index (χ1) is 13.8. The maximum Gasteiger partial charge on any atom is 0.264 e. The molecule has 0 saturated heterocycles. The lowest BCUT2D eigenvalue weighted by atomic mass is 10.2. The zero-order valence-corrected chi connectivity index (χ0v) is 18.2. The van der Waals surface area contributed by atoms with Gasteiger partial charge in [-0.05, 0) is 62.9 Å². The van der Waals surface area contributed by atoms with Crippen molar-refractivity contribution in [3.05, 3.63) is 58.1 Å². The molecule has 3 rings (SSSR count). The van der Waals surface area contributed by atoms with E-state index in [0.717, 1.165) is 41.3 Å². The Bertz CT molecular complexity index is 1010. The number of hydrogen-bond acceptors (Lipinski definition) is 4. The molecule has 1 N–H and O–H groups in total. The van der Waals surface area contributed by atoms with Crippen molar-refractivity contribution < 1.29 is 13.2 Å². The summed E-state index contributed by atoms with van der Waals surface area (Å²) in [6.45, 7) is 1.41. The SMILES string of the molecule is Cc1ccc(S(=O)(=O)N(CC(=O)NN=C2CCCC2)c2cc(Cl)cc(Cl)c2)cc1. The third-order valence-corrected chi connectivity index (χ3v) is 6.78. The van der Waals surface area contributed by atoms with Crippen LogP contribution in [0.5, 0.6) is 0 Å². The Morgan fingerprint density at radius 3 is 2.24 bits per heavy atom. The van der Waals surface area contributed by atoms with Gasteiger partial charge in [0.05, 0.1) is 10.6 Å². The predicted octanol–water partition coefficient (Wildman–Crippen LogP) is 4.54. The molecule has 2 aromatic carbocycles.